The topological polar surface area (TPSA) is 89.7 Å². The van der Waals surface area contributed by atoms with Crippen LogP contribution in [0.5, 0.6) is 5.75 Å². The highest BCUT2D eigenvalue weighted by Crippen LogP contribution is 2.35. The Labute approximate surface area is 202 Å². The van der Waals surface area contributed by atoms with Crippen molar-refractivity contribution in [3.63, 3.8) is 0 Å². The molecule has 0 bridgehead atoms. The molecule has 2 heterocycles. The fourth-order valence-electron chi connectivity index (χ4n) is 4.89. The first-order valence-corrected chi connectivity index (χ1v) is 11.9. The van der Waals surface area contributed by atoms with Gasteiger partial charge in [-0.1, -0.05) is 0 Å². The molecule has 190 valence electrons. The highest BCUT2D eigenvalue weighted by Gasteiger charge is 2.31. The number of nitrogen functional groups attached to an aromatic ring is 1. The van der Waals surface area contributed by atoms with Crippen molar-refractivity contribution in [3.8, 4) is 5.75 Å². The Kier molecular flexibility index (Phi) is 7.69. The molecule has 7 nitrogen and oxygen atoms in total. The number of aromatic nitrogens is 1. The van der Waals surface area contributed by atoms with Gasteiger partial charge in [0, 0.05) is 38.0 Å². The van der Waals surface area contributed by atoms with Crippen LogP contribution in [0.2, 0.25) is 0 Å². The standard InChI is InChI=1S/C25H31F3N4O3/c1-34-20-6-2-16(3-7-20)18-14-22(23(29)30-15-18)31-19-10-12-32(13-11-19)24(33)17-4-8-21(9-5-17)35-25(26,27)28/h4-5,8-9,14-16,19-20,31H,2-3,6-7,10-13H2,1H3,(H2,29,30). The number of anilines is 2. The maximum absolute atomic E-state index is 12.8. The molecule has 1 amide bonds. The summed E-state index contributed by atoms with van der Waals surface area (Å²) in [5.41, 5.74) is 8.47. The van der Waals surface area contributed by atoms with Gasteiger partial charge >= 0.3 is 6.36 Å². The third-order valence-electron chi connectivity index (χ3n) is 6.90. The highest BCUT2D eigenvalue weighted by atomic mass is 19.4. The van der Waals surface area contributed by atoms with Crippen molar-refractivity contribution >= 4 is 17.4 Å². The van der Waals surface area contributed by atoms with E-state index in [4.69, 9.17) is 10.5 Å². The zero-order chi connectivity index (χ0) is 25.0. The minimum atomic E-state index is -4.76. The number of likely N-dealkylation sites (tertiary alicyclic amines) is 1. The van der Waals surface area contributed by atoms with Crippen LogP contribution in [0.4, 0.5) is 24.7 Å². The molecule has 1 aromatic carbocycles. The molecule has 1 saturated heterocycles. The fourth-order valence-corrected chi connectivity index (χ4v) is 4.89. The summed E-state index contributed by atoms with van der Waals surface area (Å²) in [5, 5.41) is 3.50. The molecule has 0 radical (unpaired) electrons. The van der Waals surface area contributed by atoms with Crippen molar-refractivity contribution in [2.45, 2.75) is 63.0 Å². The van der Waals surface area contributed by atoms with Crippen LogP contribution in [0, 0.1) is 0 Å². The second-order valence-corrected chi connectivity index (χ2v) is 9.19. The van der Waals surface area contributed by atoms with Gasteiger partial charge in [0.15, 0.2) is 0 Å². The van der Waals surface area contributed by atoms with E-state index in [-0.39, 0.29) is 17.7 Å². The van der Waals surface area contributed by atoms with Crippen molar-refractivity contribution in [1.82, 2.24) is 9.88 Å². The fraction of sp³-hybridized carbons (Fsp3) is 0.520. The van der Waals surface area contributed by atoms with Crippen LogP contribution in [0.25, 0.3) is 0 Å². The van der Waals surface area contributed by atoms with E-state index >= 15 is 0 Å². The number of carbonyl (C=O) groups excluding carboxylic acids is 1. The highest BCUT2D eigenvalue weighted by molar-refractivity contribution is 5.94. The van der Waals surface area contributed by atoms with Crippen LogP contribution in [-0.2, 0) is 4.74 Å². The molecule has 2 fully saturated rings. The zero-order valence-electron chi connectivity index (χ0n) is 19.7. The molecule has 1 aliphatic carbocycles. The smallest absolute Gasteiger partial charge is 0.406 e. The number of piperidine rings is 1. The number of alkyl halides is 3. The van der Waals surface area contributed by atoms with Crippen molar-refractivity contribution in [1.29, 1.82) is 0 Å². The Balaban J connectivity index is 1.31. The molecule has 1 aliphatic heterocycles. The van der Waals surface area contributed by atoms with Crippen molar-refractivity contribution in [2.75, 3.05) is 31.2 Å². The van der Waals surface area contributed by atoms with Crippen LogP contribution in [0.3, 0.4) is 0 Å². The van der Waals surface area contributed by atoms with E-state index in [1.54, 1.807) is 12.0 Å². The third kappa shape index (κ3) is 6.56. The molecule has 4 rings (SSSR count). The molecule has 10 heteroatoms. The number of pyridine rings is 1. The van der Waals surface area contributed by atoms with Gasteiger partial charge in [0.2, 0.25) is 0 Å². The monoisotopic (exact) mass is 492 g/mol. The summed E-state index contributed by atoms with van der Waals surface area (Å²) in [7, 11) is 1.76. The van der Waals surface area contributed by atoms with Gasteiger partial charge in [-0.2, -0.15) is 0 Å². The zero-order valence-corrected chi connectivity index (χ0v) is 19.7. The summed E-state index contributed by atoms with van der Waals surface area (Å²) in [5.74, 6) is 0.343. The Morgan fingerprint density at radius 2 is 1.74 bits per heavy atom. The van der Waals surface area contributed by atoms with Gasteiger partial charge < -0.3 is 25.4 Å². The van der Waals surface area contributed by atoms with Gasteiger partial charge in [-0.3, -0.25) is 4.79 Å². The van der Waals surface area contributed by atoms with Crippen LogP contribution in [-0.4, -0.2) is 54.5 Å². The van der Waals surface area contributed by atoms with E-state index in [1.807, 2.05) is 6.20 Å². The van der Waals surface area contributed by atoms with E-state index in [2.05, 4.69) is 21.1 Å². The molecule has 0 atom stereocenters. The minimum absolute atomic E-state index is 0.144. The first kappa shape index (κ1) is 25.1. The number of rotatable bonds is 6. The Morgan fingerprint density at radius 3 is 2.34 bits per heavy atom. The number of nitrogens with two attached hydrogens (primary N) is 1. The maximum atomic E-state index is 12.8. The van der Waals surface area contributed by atoms with E-state index in [1.165, 1.54) is 17.7 Å². The second kappa shape index (κ2) is 10.7. The lowest BCUT2D eigenvalue weighted by molar-refractivity contribution is -0.274. The summed E-state index contributed by atoms with van der Waals surface area (Å²) in [6.45, 7) is 1.07. The van der Waals surface area contributed by atoms with Crippen molar-refractivity contribution in [2.24, 2.45) is 0 Å². The van der Waals surface area contributed by atoms with Gasteiger partial charge in [0.05, 0.1) is 11.8 Å². The SMILES string of the molecule is COC1CCC(c2cnc(N)c(NC3CCN(C(=O)c4ccc(OC(F)(F)F)cc4)CC3)c2)CC1. The summed E-state index contributed by atoms with van der Waals surface area (Å²) < 4.78 is 46.3. The van der Waals surface area contributed by atoms with Gasteiger partial charge in [-0.05, 0) is 80.3 Å². The third-order valence-corrected chi connectivity index (χ3v) is 6.90. The van der Waals surface area contributed by atoms with Crippen LogP contribution in [0.15, 0.2) is 36.5 Å². The first-order valence-electron chi connectivity index (χ1n) is 11.9. The van der Waals surface area contributed by atoms with Gasteiger partial charge in [-0.15, -0.1) is 13.2 Å². The van der Waals surface area contributed by atoms with E-state index in [9.17, 15) is 18.0 Å². The molecular formula is C25H31F3N4O3. The predicted molar refractivity (Wildman–Crippen MR) is 126 cm³/mol. The van der Waals surface area contributed by atoms with Gasteiger partial charge in [0.1, 0.15) is 11.6 Å². The average Bonchev–Trinajstić information content (AvgIpc) is 2.85. The Bertz CT molecular complexity index is 1000. The quantitative estimate of drug-likeness (QED) is 0.593. The van der Waals surface area contributed by atoms with E-state index in [0.29, 0.717) is 36.5 Å². The molecule has 1 saturated carbocycles. The largest absolute Gasteiger partial charge is 0.573 e. The number of halogens is 3. The molecule has 0 spiro atoms. The summed E-state index contributed by atoms with van der Waals surface area (Å²) in [6.07, 6.45) is 3.10. The van der Waals surface area contributed by atoms with Gasteiger partial charge in [0.25, 0.3) is 5.91 Å². The number of nitrogens with one attached hydrogen (secondary N) is 1. The van der Waals surface area contributed by atoms with E-state index in [0.717, 1.165) is 56.3 Å². The number of hydrogen-bond donors (Lipinski definition) is 2. The number of nitrogens with zero attached hydrogens (tertiary/aromatic N) is 2. The van der Waals surface area contributed by atoms with Crippen LogP contribution < -0.4 is 15.8 Å². The van der Waals surface area contributed by atoms with Crippen LogP contribution >= 0.6 is 0 Å². The normalized spacial score (nSPS) is 21.5. The minimum Gasteiger partial charge on any atom is -0.406 e. The number of benzene rings is 1. The first-order chi connectivity index (χ1) is 16.7. The molecule has 3 N–H and O–H groups in total. The molecule has 35 heavy (non-hydrogen) atoms. The maximum Gasteiger partial charge on any atom is 0.573 e. The summed E-state index contributed by atoms with van der Waals surface area (Å²) in [4.78, 5) is 18.9. The van der Waals surface area contributed by atoms with Crippen LogP contribution in [0.1, 0.15) is 60.4 Å². The number of hydrogen-bond acceptors (Lipinski definition) is 6. The molecular weight excluding hydrogens is 461 g/mol. The van der Waals surface area contributed by atoms with E-state index < -0.39 is 6.36 Å². The summed E-state index contributed by atoms with van der Waals surface area (Å²) in [6, 6.07) is 7.25. The Hall–Kier alpha value is -3.01. The average molecular weight is 493 g/mol. The molecule has 2 aliphatic rings. The Morgan fingerprint density at radius 1 is 1.09 bits per heavy atom. The number of carbonyl (C=O) groups is 1. The summed E-state index contributed by atoms with van der Waals surface area (Å²) >= 11 is 0. The predicted octanol–water partition coefficient (Wildman–Crippen LogP) is 4.95. The number of amides is 1. The lowest BCUT2D eigenvalue weighted by atomic mass is 9.83. The lowest BCUT2D eigenvalue weighted by Gasteiger charge is -2.33. The lowest BCUT2D eigenvalue weighted by Crippen LogP contribution is -2.42. The second-order valence-electron chi connectivity index (χ2n) is 9.19. The molecule has 1 aromatic heterocycles. The molecule has 2 aromatic rings. The van der Waals surface area contributed by atoms with Crippen molar-refractivity contribution in [3.05, 3.63) is 47.7 Å². The van der Waals surface area contributed by atoms with Crippen molar-refractivity contribution < 1.29 is 27.4 Å². The number of methoxy groups -OCH3 is 1. The van der Waals surface area contributed by atoms with Gasteiger partial charge in [-0.25, -0.2) is 4.98 Å². The molecule has 0 unspecified atom stereocenters. The number of ether oxygens (including phenoxy) is 2.